The van der Waals surface area contributed by atoms with Gasteiger partial charge in [-0.25, -0.2) is 4.79 Å². The van der Waals surface area contributed by atoms with Gasteiger partial charge in [-0.05, 0) is 24.0 Å². The van der Waals surface area contributed by atoms with E-state index >= 15 is 0 Å². The highest BCUT2D eigenvalue weighted by Gasteiger charge is 2.52. The number of urea groups is 1. The van der Waals surface area contributed by atoms with Crippen molar-refractivity contribution in [3.8, 4) is 11.5 Å². The summed E-state index contributed by atoms with van der Waals surface area (Å²) >= 11 is 6.29. The average molecular weight is 456 g/mol. The quantitative estimate of drug-likeness (QED) is 0.693. The highest BCUT2D eigenvalue weighted by atomic mass is 35.5. The number of rotatable bonds is 3. The zero-order valence-corrected chi connectivity index (χ0v) is 18.0. The Hall–Kier alpha value is -3.26. The molecule has 5 rings (SSSR count). The molecule has 166 valence electrons. The number of ether oxygens (including phenoxy) is 2. The first-order valence-corrected chi connectivity index (χ1v) is 10.9. The van der Waals surface area contributed by atoms with Crippen LogP contribution in [0.5, 0.6) is 11.5 Å². The van der Waals surface area contributed by atoms with E-state index in [2.05, 4.69) is 10.6 Å². The van der Waals surface area contributed by atoms with E-state index in [1.54, 1.807) is 12.1 Å². The molecule has 0 radical (unpaired) electrons. The van der Waals surface area contributed by atoms with Crippen molar-refractivity contribution in [3.05, 3.63) is 52.5 Å². The van der Waals surface area contributed by atoms with Crippen LogP contribution >= 0.6 is 11.6 Å². The van der Waals surface area contributed by atoms with E-state index < -0.39 is 24.0 Å². The van der Waals surface area contributed by atoms with Crippen molar-refractivity contribution in [2.45, 2.75) is 31.2 Å². The molecule has 32 heavy (non-hydrogen) atoms. The van der Waals surface area contributed by atoms with E-state index in [1.807, 2.05) is 24.3 Å². The van der Waals surface area contributed by atoms with E-state index in [-0.39, 0.29) is 10.9 Å². The van der Waals surface area contributed by atoms with Gasteiger partial charge in [-0.15, -0.1) is 0 Å². The first-order valence-electron chi connectivity index (χ1n) is 10.6. The fraction of sp³-hybridized carbons (Fsp3) is 0.348. The topological polar surface area (TPSA) is 97.0 Å². The van der Waals surface area contributed by atoms with Gasteiger partial charge in [-0.1, -0.05) is 35.9 Å². The first-order chi connectivity index (χ1) is 15.4. The summed E-state index contributed by atoms with van der Waals surface area (Å²) in [6.45, 7) is 0.613. The van der Waals surface area contributed by atoms with Crippen molar-refractivity contribution in [2.24, 2.45) is 0 Å². The summed E-state index contributed by atoms with van der Waals surface area (Å²) in [6.07, 6.45) is 2.35. The van der Waals surface area contributed by atoms with Crippen molar-refractivity contribution in [1.29, 1.82) is 0 Å². The monoisotopic (exact) mass is 455 g/mol. The molecule has 2 heterocycles. The van der Waals surface area contributed by atoms with Gasteiger partial charge < -0.3 is 20.1 Å². The Morgan fingerprint density at radius 2 is 1.84 bits per heavy atom. The van der Waals surface area contributed by atoms with Gasteiger partial charge in [0, 0.05) is 25.0 Å². The van der Waals surface area contributed by atoms with Gasteiger partial charge in [0.05, 0.1) is 23.9 Å². The van der Waals surface area contributed by atoms with E-state index in [0.717, 1.165) is 16.9 Å². The predicted molar refractivity (Wildman–Crippen MR) is 117 cm³/mol. The molecular weight excluding hydrogens is 434 g/mol. The van der Waals surface area contributed by atoms with Crippen LogP contribution in [-0.2, 0) is 22.4 Å². The molecule has 2 aromatic rings. The molecule has 9 heteroatoms. The molecule has 2 aromatic carbocycles. The summed E-state index contributed by atoms with van der Waals surface area (Å²) in [4.78, 5) is 39.5. The number of hydrogen-bond acceptors (Lipinski definition) is 5. The van der Waals surface area contributed by atoms with Gasteiger partial charge in [0.15, 0.2) is 11.5 Å². The molecule has 8 nitrogen and oxygen atoms in total. The van der Waals surface area contributed by atoms with Crippen molar-refractivity contribution in [3.63, 3.8) is 0 Å². The second-order valence-electron chi connectivity index (χ2n) is 8.23. The lowest BCUT2D eigenvalue weighted by atomic mass is 9.78. The number of hydrogen-bond donors (Lipinski definition) is 2. The standard InChI is InChI=1S/C23H22ClN3O5/c24-16-10-18-19(32-9-3-8-31-18)11-17(16)25-20(28)13-27-21(29)23(26-22(27)30)7-6-14-4-1-2-5-15(14)12-23/h1-2,4-5,10-11H,3,6-9,12-13H2,(H,25,28)(H,26,30). The van der Waals surface area contributed by atoms with Crippen molar-refractivity contribution in [2.75, 3.05) is 25.1 Å². The summed E-state index contributed by atoms with van der Waals surface area (Å²) in [6, 6.07) is 10.5. The van der Waals surface area contributed by atoms with Crippen LogP contribution in [0.3, 0.4) is 0 Å². The molecule has 1 aliphatic carbocycles. The summed E-state index contributed by atoms with van der Waals surface area (Å²) in [5.41, 5.74) is 1.55. The van der Waals surface area contributed by atoms with Gasteiger partial charge in [-0.2, -0.15) is 0 Å². The summed E-state index contributed by atoms with van der Waals surface area (Å²) in [7, 11) is 0. The number of benzene rings is 2. The lowest BCUT2D eigenvalue weighted by molar-refractivity contribution is -0.134. The molecule has 1 atom stereocenters. The normalized spacial score (nSPS) is 21.7. The number of amides is 4. The molecule has 2 N–H and O–H groups in total. The maximum atomic E-state index is 13.2. The second kappa shape index (κ2) is 8.02. The van der Waals surface area contributed by atoms with Crippen LogP contribution in [0.4, 0.5) is 10.5 Å². The zero-order chi connectivity index (χ0) is 22.3. The number of carbonyl (C=O) groups is 3. The summed E-state index contributed by atoms with van der Waals surface area (Å²) in [5, 5.41) is 5.79. The third-order valence-electron chi connectivity index (χ3n) is 6.09. The molecule has 2 aliphatic heterocycles. The Morgan fingerprint density at radius 3 is 2.62 bits per heavy atom. The van der Waals surface area contributed by atoms with Crippen LogP contribution in [0.15, 0.2) is 36.4 Å². The Kier molecular flexibility index (Phi) is 5.17. The predicted octanol–water partition coefficient (Wildman–Crippen LogP) is 2.92. The van der Waals surface area contributed by atoms with E-state index in [0.29, 0.717) is 49.7 Å². The maximum absolute atomic E-state index is 13.2. The highest BCUT2D eigenvalue weighted by Crippen LogP contribution is 2.38. The minimum atomic E-state index is -1.00. The van der Waals surface area contributed by atoms with Crippen LogP contribution in [0.25, 0.3) is 0 Å². The first kappa shape index (κ1) is 20.6. The van der Waals surface area contributed by atoms with Crippen molar-refractivity contribution in [1.82, 2.24) is 10.2 Å². The van der Waals surface area contributed by atoms with E-state index in [9.17, 15) is 14.4 Å². The fourth-order valence-corrected chi connectivity index (χ4v) is 4.66. The lowest BCUT2D eigenvalue weighted by Crippen LogP contribution is -2.51. The van der Waals surface area contributed by atoms with Crippen LogP contribution < -0.4 is 20.1 Å². The molecule has 3 aliphatic rings. The third-order valence-corrected chi connectivity index (χ3v) is 6.40. The minimum Gasteiger partial charge on any atom is -0.490 e. The minimum absolute atomic E-state index is 0.278. The molecule has 1 unspecified atom stereocenters. The Labute approximate surface area is 189 Å². The summed E-state index contributed by atoms with van der Waals surface area (Å²) < 4.78 is 11.2. The molecule has 1 saturated heterocycles. The largest absolute Gasteiger partial charge is 0.490 e. The second-order valence-corrected chi connectivity index (χ2v) is 8.63. The van der Waals surface area contributed by atoms with E-state index in [4.69, 9.17) is 21.1 Å². The van der Waals surface area contributed by atoms with E-state index in [1.165, 1.54) is 5.56 Å². The van der Waals surface area contributed by atoms with Crippen molar-refractivity contribution < 1.29 is 23.9 Å². The molecular formula is C23H22ClN3O5. The van der Waals surface area contributed by atoms with Crippen LogP contribution in [0.1, 0.15) is 24.0 Å². The van der Waals surface area contributed by atoms with Gasteiger partial charge >= 0.3 is 6.03 Å². The summed E-state index contributed by atoms with van der Waals surface area (Å²) in [5.74, 6) is 0.0891. The maximum Gasteiger partial charge on any atom is 0.325 e. The highest BCUT2D eigenvalue weighted by molar-refractivity contribution is 6.34. The number of anilines is 1. The van der Waals surface area contributed by atoms with Crippen LogP contribution in [-0.4, -0.2) is 48.0 Å². The fourth-order valence-electron chi connectivity index (χ4n) is 4.46. The number of carbonyl (C=O) groups excluding carboxylic acids is 3. The smallest absolute Gasteiger partial charge is 0.325 e. The number of aryl methyl sites for hydroxylation is 1. The molecule has 0 saturated carbocycles. The number of halogens is 1. The van der Waals surface area contributed by atoms with Gasteiger partial charge in [0.1, 0.15) is 12.1 Å². The number of fused-ring (bicyclic) bond motifs is 2. The van der Waals surface area contributed by atoms with Gasteiger partial charge in [0.2, 0.25) is 5.91 Å². The Balaban J connectivity index is 1.30. The zero-order valence-electron chi connectivity index (χ0n) is 17.3. The van der Waals surface area contributed by atoms with Gasteiger partial charge in [0.25, 0.3) is 5.91 Å². The Morgan fingerprint density at radius 1 is 1.12 bits per heavy atom. The Bertz CT molecular complexity index is 1120. The average Bonchev–Trinajstić information content (AvgIpc) is 2.92. The molecule has 4 amide bonds. The molecule has 0 aromatic heterocycles. The molecule has 1 fully saturated rings. The number of nitrogens with one attached hydrogen (secondary N) is 2. The third kappa shape index (κ3) is 3.64. The van der Waals surface area contributed by atoms with Gasteiger partial charge in [-0.3, -0.25) is 14.5 Å². The molecule has 0 bridgehead atoms. The van der Waals surface area contributed by atoms with Crippen LogP contribution in [0, 0.1) is 0 Å². The SMILES string of the molecule is O=C(CN1C(=O)NC2(CCc3ccccc3C2)C1=O)Nc1cc2c(cc1Cl)OCCCO2. The lowest BCUT2D eigenvalue weighted by Gasteiger charge is -2.32. The van der Waals surface area contributed by atoms with Crippen LogP contribution in [0.2, 0.25) is 5.02 Å². The number of nitrogens with zero attached hydrogens (tertiary/aromatic N) is 1. The molecule has 1 spiro atoms. The van der Waals surface area contributed by atoms with Crippen molar-refractivity contribution >= 4 is 35.1 Å². The number of imide groups is 1.